The van der Waals surface area contributed by atoms with Crippen molar-refractivity contribution in [1.29, 1.82) is 0 Å². The van der Waals surface area contributed by atoms with E-state index >= 15 is 0 Å². The Morgan fingerprint density at radius 3 is 2.05 bits per heavy atom. The normalized spacial score (nSPS) is 21.1. The summed E-state index contributed by atoms with van der Waals surface area (Å²) in [4.78, 5) is 15.1. The maximum Gasteiger partial charge on any atom is 0.322 e. The predicted octanol–water partition coefficient (Wildman–Crippen LogP) is 5.25. The van der Waals surface area contributed by atoms with Gasteiger partial charge in [0.05, 0.1) is 5.00 Å². The summed E-state index contributed by atoms with van der Waals surface area (Å²) in [5, 5.41) is 6.11. The number of carbonyl (C=O) groups excluding carboxylic acids is 1. The van der Waals surface area contributed by atoms with E-state index in [0.717, 1.165) is 5.00 Å². The highest BCUT2D eigenvalue weighted by Crippen LogP contribution is 2.31. The average Bonchev–Trinajstić information content (AvgIpc) is 3.02. The summed E-state index contributed by atoms with van der Waals surface area (Å²) in [7, 11) is 0. The molecule has 116 valence electrons. The Balaban J connectivity index is 1.71. The van der Waals surface area contributed by atoms with Gasteiger partial charge in [-0.3, -0.25) is 5.32 Å². The molecule has 1 aromatic heterocycles. The van der Waals surface area contributed by atoms with Crippen molar-refractivity contribution < 1.29 is 4.79 Å². The van der Waals surface area contributed by atoms with Crippen LogP contribution in [0.3, 0.4) is 0 Å². The summed E-state index contributed by atoms with van der Waals surface area (Å²) in [6.07, 6.45) is 12.5. The Labute approximate surface area is 131 Å². The van der Waals surface area contributed by atoms with Crippen LogP contribution in [0.4, 0.5) is 9.80 Å². The average molecular weight is 306 g/mol. The van der Waals surface area contributed by atoms with Crippen LogP contribution in [0.15, 0.2) is 17.5 Å². The molecule has 0 atom stereocenters. The Morgan fingerprint density at radius 2 is 1.57 bits per heavy atom. The first kappa shape index (κ1) is 14.9. The second-order valence-corrected chi connectivity index (χ2v) is 7.35. The molecular formula is C17H26N2OS. The van der Waals surface area contributed by atoms with Crippen LogP contribution in [0.25, 0.3) is 0 Å². The minimum Gasteiger partial charge on any atom is -0.319 e. The first-order chi connectivity index (χ1) is 10.3. The van der Waals surface area contributed by atoms with Crippen LogP contribution in [0.2, 0.25) is 0 Å². The molecule has 3 nitrogen and oxygen atoms in total. The van der Waals surface area contributed by atoms with Gasteiger partial charge in [0.25, 0.3) is 0 Å². The van der Waals surface area contributed by atoms with E-state index in [0.29, 0.717) is 12.1 Å². The van der Waals surface area contributed by atoms with Crippen molar-refractivity contribution in [3.05, 3.63) is 17.5 Å². The number of amides is 2. The number of rotatable bonds is 3. The van der Waals surface area contributed by atoms with Gasteiger partial charge in [0.15, 0.2) is 0 Å². The van der Waals surface area contributed by atoms with Crippen LogP contribution >= 0.6 is 11.3 Å². The molecule has 0 unspecified atom stereocenters. The number of hydrogen-bond acceptors (Lipinski definition) is 2. The number of carbonyl (C=O) groups is 1. The second kappa shape index (κ2) is 7.30. The van der Waals surface area contributed by atoms with Crippen LogP contribution < -0.4 is 5.32 Å². The van der Waals surface area contributed by atoms with Gasteiger partial charge in [-0.1, -0.05) is 38.5 Å². The topological polar surface area (TPSA) is 32.3 Å². The molecule has 1 aromatic rings. The van der Waals surface area contributed by atoms with Gasteiger partial charge in [-0.15, -0.1) is 11.3 Å². The molecule has 1 heterocycles. The summed E-state index contributed by atoms with van der Waals surface area (Å²) in [5.41, 5.74) is 0. The fourth-order valence-corrected chi connectivity index (χ4v) is 4.47. The van der Waals surface area contributed by atoms with Crippen molar-refractivity contribution in [2.24, 2.45) is 0 Å². The van der Waals surface area contributed by atoms with E-state index in [2.05, 4.69) is 10.2 Å². The molecule has 2 aliphatic carbocycles. The van der Waals surface area contributed by atoms with Crippen LogP contribution in [0.1, 0.15) is 64.2 Å². The molecule has 2 fully saturated rings. The highest BCUT2D eigenvalue weighted by molar-refractivity contribution is 7.14. The van der Waals surface area contributed by atoms with E-state index in [9.17, 15) is 4.79 Å². The van der Waals surface area contributed by atoms with Gasteiger partial charge in [0.1, 0.15) is 0 Å². The molecule has 2 amide bonds. The molecule has 21 heavy (non-hydrogen) atoms. The molecule has 3 rings (SSSR count). The van der Waals surface area contributed by atoms with E-state index in [4.69, 9.17) is 0 Å². The molecule has 0 aliphatic heterocycles. The molecule has 2 aliphatic rings. The highest BCUT2D eigenvalue weighted by atomic mass is 32.1. The summed E-state index contributed by atoms with van der Waals surface area (Å²) >= 11 is 1.60. The van der Waals surface area contributed by atoms with Crippen LogP contribution in [-0.2, 0) is 0 Å². The lowest BCUT2D eigenvalue weighted by Crippen LogP contribution is -2.50. The van der Waals surface area contributed by atoms with E-state index in [-0.39, 0.29) is 6.03 Å². The number of urea groups is 1. The van der Waals surface area contributed by atoms with Gasteiger partial charge in [0, 0.05) is 12.1 Å². The minimum atomic E-state index is 0.135. The molecular weight excluding hydrogens is 280 g/mol. The molecule has 0 radical (unpaired) electrons. The fraction of sp³-hybridized carbons (Fsp3) is 0.706. The Kier molecular flexibility index (Phi) is 5.17. The van der Waals surface area contributed by atoms with Gasteiger partial charge < -0.3 is 4.90 Å². The number of hydrogen-bond donors (Lipinski definition) is 1. The van der Waals surface area contributed by atoms with E-state index in [1.165, 1.54) is 64.2 Å². The molecule has 4 heteroatoms. The van der Waals surface area contributed by atoms with Crippen LogP contribution in [0, 0.1) is 0 Å². The third-order valence-electron chi connectivity index (χ3n) is 4.92. The third kappa shape index (κ3) is 3.79. The standard InChI is InChI=1S/C17H26N2OS/c20-17(18-16-12-7-13-21-16)19(14-8-3-1-4-9-14)15-10-5-2-6-11-15/h7,12-15H,1-6,8-11H2,(H,18,20). The predicted molar refractivity (Wildman–Crippen MR) is 88.9 cm³/mol. The maximum atomic E-state index is 12.8. The minimum absolute atomic E-state index is 0.135. The van der Waals surface area contributed by atoms with Crippen molar-refractivity contribution >= 4 is 22.4 Å². The molecule has 0 saturated heterocycles. The van der Waals surface area contributed by atoms with Crippen molar-refractivity contribution in [2.45, 2.75) is 76.3 Å². The zero-order valence-corrected chi connectivity index (χ0v) is 13.5. The van der Waals surface area contributed by atoms with Crippen LogP contribution in [-0.4, -0.2) is 23.0 Å². The Bertz CT molecular complexity index is 416. The highest BCUT2D eigenvalue weighted by Gasteiger charge is 2.32. The number of nitrogens with zero attached hydrogens (tertiary/aromatic N) is 1. The summed E-state index contributed by atoms with van der Waals surface area (Å²) in [6, 6.07) is 5.04. The van der Waals surface area contributed by atoms with Crippen LogP contribution in [0.5, 0.6) is 0 Å². The lowest BCUT2D eigenvalue weighted by atomic mass is 9.89. The zero-order chi connectivity index (χ0) is 14.5. The smallest absolute Gasteiger partial charge is 0.319 e. The summed E-state index contributed by atoms with van der Waals surface area (Å²) in [6.45, 7) is 0. The summed E-state index contributed by atoms with van der Waals surface area (Å²) < 4.78 is 0. The first-order valence-corrected chi connectivity index (χ1v) is 9.35. The third-order valence-corrected chi connectivity index (χ3v) is 5.71. The number of thiophene rings is 1. The van der Waals surface area contributed by atoms with Crippen molar-refractivity contribution in [2.75, 3.05) is 5.32 Å². The quantitative estimate of drug-likeness (QED) is 0.813. The second-order valence-electron chi connectivity index (χ2n) is 6.40. The van der Waals surface area contributed by atoms with Gasteiger partial charge in [0.2, 0.25) is 0 Å². The fourth-order valence-electron chi connectivity index (χ4n) is 3.87. The summed E-state index contributed by atoms with van der Waals surface area (Å²) in [5.74, 6) is 0. The van der Waals surface area contributed by atoms with Gasteiger partial charge in [-0.05, 0) is 43.2 Å². The Morgan fingerprint density at radius 1 is 1.00 bits per heavy atom. The monoisotopic (exact) mass is 306 g/mol. The van der Waals surface area contributed by atoms with Crippen molar-refractivity contribution in [1.82, 2.24) is 4.90 Å². The molecule has 0 aromatic carbocycles. The first-order valence-electron chi connectivity index (χ1n) is 8.47. The van der Waals surface area contributed by atoms with E-state index in [1.807, 2.05) is 17.5 Å². The van der Waals surface area contributed by atoms with E-state index in [1.54, 1.807) is 11.3 Å². The SMILES string of the molecule is O=C(Nc1cccs1)N(C1CCCCC1)C1CCCCC1. The van der Waals surface area contributed by atoms with E-state index < -0.39 is 0 Å². The number of anilines is 1. The Hall–Kier alpha value is -1.03. The molecule has 2 saturated carbocycles. The lowest BCUT2D eigenvalue weighted by molar-refractivity contribution is 0.114. The van der Waals surface area contributed by atoms with Crippen molar-refractivity contribution in [3.8, 4) is 0 Å². The molecule has 1 N–H and O–H groups in total. The van der Waals surface area contributed by atoms with Gasteiger partial charge in [-0.2, -0.15) is 0 Å². The zero-order valence-electron chi connectivity index (χ0n) is 12.7. The molecule has 0 spiro atoms. The molecule has 0 bridgehead atoms. The number of nitrogens with one attached hydrogen (secondary N) is 1. The maximum absolute atomic E-state index is 12.8. The van der Waals surface area contributed by atoms with Crippen molar-refractivity contribution in [3.63, 3.8) is 0 Å². The largest absolute Gasteiger partial charge is 0.322 e. The van der Waals surface area contributed by atoms with Gasteiger partial charge in [-0.25, -0.2) is 4.79 Å². The lowest BCUT2D eigenvalue weighted by Gasteiger charge is -2.41. The van der Waals surface area contributed by atoms with Gasteiger partial charge >= 0.3 is 6.03 Å².